The van der Waals surface area contributed by atoms with Crippen LogP contribution in [0.2, 0.25) is 0 Å². The predicted octanol–water partition coefficient (Wildman–Crippen LogP) is 2.64. The van der Waals surface area contributed by atoms with E-state index in [2.05, 4.69) is 29.0 Å². The lowest BCUT2D eigenvalue weighted by atomic mass is 9.90. The third kappa shape index (κ3) is 2.15. The molecule has 1 heterocycles. The molecule has 0 bridgehead atoms. The van der Waals surface area contributed by atoms with Crippen molar-refractivity contribution in [2.75, 3.05) is 7.11 Å². The van der Waals surface area contributed by atoms with E-state index >= 15 is 0 Å². The maximum absolute atomic E-state index is 9.63. The molecular formula is C16H19NO2. The highest BCUT2D eigenvalue weighted by Crippen LogP contribution is 2.36. The molecule has 0 spiro atoms. The number of aliphatic hydroxyl groups is 1. The van der Waals surface area contributed by atoms with Gasteiger partial charge in [-0.3, -0.25) is 0 Å². The minimum absolute atomic E-state index is 0.340. The number of hydrogen-bond donors (Lipinski definition) is 1. The van der Waals surface area contributed by atoms with Gasteiger partial charge in [0.05, 0.1) is 18.9 Å². The highest BCUT2D eigenvalue weighted by atomic mass is 16.5. The quantitative estimate of drug-likeness (QED) is 0.917. The Morgan fingerprint density at radius 2 is 2.05 bits per heavy atom. The summed E-state index contributed by atoms with van der Waals surface area (Å²) in [5.74, 6) is 0.886. The summed E-state index contributed by atoms with van der Waals surface area (Å²) in [6, 6.07) is 8.44. The van der Waals surface area contributed by atoms with E-state index in [9.17, 15) is 5.11 Å². The number of aromatic nitrogens is 1. The molecule has 1 aliphatic rings. The minimum atomic E-state index is -0.340. The first-order valence-electron chi connectivity index (χ1n) is 6.72. The number of methoxy groups -OCH3 is 1. The summed E-state index contributed by atoms with van der Waals surface area (Å²) in [6.07, 6.45) is 3.88. The van der Waals surface area contributed by atoms with Crippen molar-refractivity contribution < 1.29 is 9.84 Å². The van der Waals surface area contributed by atoms with Gasteiger partial charge in [0.2, 0.25) is 0 Å². The van der Waals surface area contributed by atoms with E-state index in [1.165, 1.54) is 22.4 Å². The number of aryl methyl sites for hydroxylation is 2. The SMILES string of the molecule is COc1ccc2c(c1)-c1c(ccn1C[C@@H](C)O)CC2. The summed E-state index contributed by atoms with van der Waals surface area (Å²) >= 11 is 0. The number of rotatable bonds is 3. The number of benzene rings is 1. The molecule has 3 nitrogen and oxygen atoms in total. The molecular weight excluding hydrogens is 238 g/mol. The van der Waals surface area contributed by atoms with E-state index in [1.54, 1.807) is 7.11 Å². The lowest BCUT2D eigenvalue weighted by molar-refractivity contribution is 0.174. The summed E-state index contributed by atoms with van der Waals surface area (Å²) < 4.78 is 7.48. The fourth-order valence-electron chi connectivity index (χ4n) is 2.87. The van der Waals surface area contributed by atoms with Crippen LogP contribution in [-0.4, -0.2) is 22.9 Å². The van der Waals surface area contributed by atoms with Crippen molar-refractivity contribution in [2.45, 2.75) is 32.4 Å². The fraction of sp³-hybridized carbons (Fsp3) is 0.375. The molecule has 100 valence electrons. The molecule has 0 saturated carbocycles. The minimum Gasteiger partial charge on any atom is -0.497 e. The van der Waals surface area contributed by atoms with Gasteiger partial charge in [0.1, 0.15) is 5.75 Å². The van der Waals surface area contributed by atoms with E-state index in [1.807, 2.05) is 13.0 Å². The van der Waals surface area contributed by atoms with Crippen LogP contribution < -0.4 is 4.74 Å². The Balaban J connectivity index is 2.12. The first kappa shape index (κ1) is 12.3. The van der Waals surface area contributed by atoms with Crippen LogP contribution in [0.25, 0.3) is 11.3 Å². The summed E-state index contributed by atoms with van der Waals surface area (Å²) in [6.45, 7) is 2.45. The van der Waals surface area contributed by atoms with Gasteiger partial charge in [0, 0.05) is 18.3 Å². The van der Waals surface area contributed by atoms with Crippen LogP contribution in [0.4, 0.5) is 0 Å². The normalized spacial score (nSPS) is 14.7. The molecule has 0 saturated heterocycles. The summed E-state index contributed by atoms with van der Waals surface area (Å²) in [7, 11) is 1.69. The lowest BCUT2D eigenvalue weighted by Gasteiger charge is -2.21. The molecule has 0 amide bonds. The zero-order valence-corrected chi connectivity index (χ0v) is 11.4. The van der Waals surface area contributed by atoms with E-state index in [-0.39, 0.29) is 6.10 Å². The zero-order chi connectivity index (χ0) is 13.4. The summed E-state index contributed by atoms with van der Waals surface area (Å²) in [5, 5.41) is 9.63. The number of aliphatic hydroxyl groups excluding tert-OH is 1. The van der Waals surface area contributed by atoms with Gasteiger partial charge in [-0.15, -0.1) is 0 Å². The topological polar surface area (TPSA) is 34.4 Å². The van der Waals surface area contributed by atoms with Crippen LogP contribution in [0, 0.1) is 0 Å². The average molecular weight is 257 g/mol. The van der Waals surface area contributed by atoms with Crippen molar-refractivity contribution in [3.8, 4) is 17.0 Å². The first-order valence-corrected chi connectivity index (χ1v) is 6.72. The van der Waals surface area contributed by atoms with Crippen LogP contribution in [0.15, 0.2) is 30.5 Å². The maximum Gasteiger partial charge on any atom is 0.119 e. The van der Waals surface area contributed by atoms with Crippen molar-refractivity contribution in [1.82, 2.24) is 4.57 Å². The molecule has 0 radical (unpaired) electrons. The highest BCUT2D eigenvalue weighted by molar-refractivity contribution is 5.72. The zero-order valence-electron chi connectivity index (χ0n) is 11.4. The molecule has 3 heteroatoms. The molecule has 1 aliphatic carbocycles. The van der Waals surface area contributed by atoms with Crippen molar-refractivity contribution in [3.63, 3.8) is 0 Å². The maximum atomic E-state index is 9.63. The molecule has 19 heavy (non-hydrogen) atoms. The Kier molecular flexibility index (Phi) is 3.07. The van der Waals surface area contributed by atoms with Gasteiger partial charge >= 0.3 is 0 Å². The Morgan fingerprint density at radius 3 is 2.79 bits per heavy atom. The van der Waals surface area contributed by atoms with E-state index < -0.39 is 0 Å². The molecule has 0 aliphatic heterocycles. The van der Waals surface area contributed by atoms with Gasteiger partial charge in [0.15, 0.2) is 0 Å². The molecule has 1 aromatic carbocycles. The molecule has 1 N–H and O–H groups in total. The number of ether oxygens (including phenoxy) is 1. The van der Waals surface area contributed by atoms with Gasteiger partial charge in [-0.05, 0) is 49.1 Å². The third-order valence-electron chi connectivity index (χ3n) is 3.74. The lowest BCUT2D eigenvalue weighted by Crippen LogP contribution is -2.14. The van der Waals surface area contributed by atoms with E-state index in [4.69, 9.17) is 4.74 Å². The van der Waals surface area contributed by atoms with Crippen LogP contribution in [-0.2, 0) is 19.4 Å². The highest BCUT2D eigenvalue weighted by Gasteiger charge is 2.20. The Hall–Kier alpha value is -1.74. The second-order valence-corrected chi connectivity index (χ2v) is 5.21. The summed E-state index contributed by atoms with van der Waals surface area (Å²) in [4.78, 5) is 0. The van der Waals surface area contributed by atoms with Gasteiger partial charge in [-0.25, -0.2) is 0 Å². The average Bonchev–Trinajstić information content (AvgIpc) is 2.81. The standard InChI is InChI=1S/C16H19NO2/c1-11(18)10-17-8-7-13-4-3-12-5-6-14(19-2)9-15(12)16(13)17/h5-9,11,18H,3-4,10H2,1-2H3/t11-/m1/s1. The largest absolute Gasteiger partial charge is 0.497 e. The van der Waals surface area contributed by atoms with Gasteiger partial charge in [0.25, 0.3) is 0 Å². The Morgan fingerprint density at radius 1 is 1.26 bits per heavy atom. The van der Waals surface area contributed by atoms with Crippen LogP contribution in [0.1, 0.15) is 18.1 Å². The van der Waals surface area contributed by atoms with Crippen molar-refractivity contribution in [3.05, 3.63) is 41.6 Å². The Bertz CT molecular complexity index is 599. The van der Waals surface area contributed by atoms with Crippen molar-refractivity contribution in [1.29, 1.82) is 0 Å². The molecule has 3 rings (SSSR count). The van der Waals surface area contributed by atoms with Crippen LogP contribution in [0.5, 0.6) is 5.75 Å². The number of hydrogen-bond acceptors (Lipinski definition) is 2. The molecule has 0 fully saturated rings. The Labute approximate surface area is 113 Å². The van der Waals surface area contributed by atoms with Gasteiger partial charge in [-0.1, -0.05) is 6.07 Å². The van der Waals surface area contributed by atoms with Crippen LogP contribution in [0.3, 0.4) is 0 Å². The molecule has 1 aromatic heterocycles. The summed E-state index contributed by atoms with van der Waals surface area (Å²) in [5.41, 5.74) is 5.20. The van der Waals surface area contributed by atoms with Gasteiger partial charge < -0.3 is 14.4 Å². The monoisotopic (exact) mass is 257 g/mol. The van der Waals surface area contributed by atoms with Crippen LogP contribution >= 0.6 is 0 Å². The van der Waals surface area contributed by atoms with Crippen molar-refractivity contribution in [2.24, 2.45) is 0 Å². The smallest absolute Gasteiger partial charge is 0.119 e. The molecule has 2 aromatic rings. The molecule has 1 atom stereocenters. The van der Waals surface area contributed by atoms with Crippen molar-refractivity contribution >= 4 is 0 Å². The first-order chi connectivity index (χ1) is 9.19. The molecule has 0 unspecified atom stereocenters. The van der Waals surface area contributed by atoms with E-state index in [0.717, 1.165) is 18.6 Å². The predicted molar refractivity (Wildman–Crippen MR) is 75.5 cm³/mol. The fourth-order valence-corrected chi connectivity index (χ4v) is 2.87. The number of nitrogens with zero attached hydrogens (tertiary/aromatic N) is 1. The third-order valence-corrected chi connectivity index (χ3v) is 3.74. The second kappa shape index (κ2) is 4.74. The number of fused-ring (bicyclic) bond motifs is 3. The van der Waals surface area contributed by atoms with Gasteiger partial charge in [-0.2, -0.15) is 0 Å². The van der Waals surface area contributed by atoms with E-state index in [0.29, 0.717) is 6.54 Å². The second-order valence-electron chi connectivity index (χ2n) is 5.21.